The van der Waals surface area contributed by atoms with E-state index in [-0.39, 0.29) is 11.5 Å². The lowest BCUT2D eigenvalue weighted by Gasteiger charge is -2.36. The van der Waals surface area contributed by atoms with Crippen molar-refractivity contribution in [2.75, 3.05) is 0 Å². The fraction of sp³-hybridized carbons (Fsp3) is 0.111. The minimum absolute atomic E-state index is 0.267. The van der Waals surface area contributed by atoms with Gasteiger partial charge in [0.25, 0.3) is 0 Å². The van der Waals surface area contributed by atoms with Crippen LogP contribution in [0.3, 0.4) is 0 Å². The molecule has 0 spiro atoms. The molecule has 0 saturated heterocycles. The Morgan fingerprint density at radius 2 is 0.931 bits per heavy atom. The van der Waals surface area contributed by atoms with Crippen molar-refractivity contribution in [1.82, 2.24) is 0 Å². The van der Waals surface area contributed by atoms with Gasteiger partial charge in [-0.2, -0.15) is 0 Å². The zero-order valence-corrected chi connectivity index (χ0v) is 16.5. The largest absolute Gasteiger partial charge is 0.508 e. The quantitative estimate of drug-likeness (QED) is 0.391. The van der Waals surface area contributed by atoms with Crippen molar-refractivity contribution < 1.29 is 10.2 Å². The summed E-state index contributed by atoms with van der Waals surface area (Å²) in [6, 6.07) is 28.4. The van der Waals surface area contributed by atoms with E-state index < -0.39 is 5.41 Å². The lowest BCUT2D eigenvalue weighted by molar-refractivity contribution is 0.474. The normalized spacial score (nSPS) is 13.7. The van der Waals surface area contributed by atoms with Crippen LogP contribution in [0.5, 0.6) is 11.5 Å². The maximum absolute atomic E-state index is 10.1. The van der Waals surface area contributed by atoms with Crippen molar-refractivity contribution in [2.45, 2.75) is 19.3 Å². The zero-order chi connectivity index (χ0) is 20.2. The van der Waals surface area contributed by atoms with E-state index in [2.05, 4.69) is 62.4 Å². The lowest BCUT2D eigenvalue weighted by Crippen LogP contribution is -2.30. The molecule has 0 unspecified atom stereocenters. The Bertz CT molecular complexity index is 1150. The Labute approximate surface area is 170 Å². The first-order chi connectivity index (χ1) is 14.0. The summed E-state index contributed by atoms with van der Waals surface area (Å²) in [4.78, 5) is 0. The number of fused-ring (bicyclic) bond motifs is 3. The van der Waals surface area contributed by atoms with E-state index in [1.54, 1.807) is 12.1 Å². The molecule has 2 N–H and O–H groups in total. The SMILES string of the molecule is Cc1cc(O)ccc1C1(c2ccc(O)cc2C)c2ccccc2-c2ccccc21. The third-order valence-electron chi connectivity index (χ3n) is 6.18. The predicted octanol–water partition coefficient (Wildman–Crippen LogP) is 6.08. The second-order valence-electron chi connectivity index (χ2n) is 7.84. The molecule has 0 bridgehead atoms. The molecule has 0 aliphatic heterocycles. The number of aromatic hydroxyl groups is 2. The third-order valence-corrected chi connectivity index (χ3v) is 6.18. The molecule has 1 aliphatic carbocycles. The highest BCUT2D eigenvalue weighted by Gasteiger charge is 2.47. The monoisotopic (exact) mass is 378 g/mol. The number of rotatable bonds is 2. The average Bonchev–Trinajstić information content (AvgIpc) is 3.00. The fourth-order valence-electron chi connectivity index (χ4n) is 5.10. The molecular formula is C27H22O2. The second-order valence-corrected chi connectivity index (χ2v) is 7.84. The van der Waals surface area contributed by atoms with Gasteiger partial charge in [-0.15, -0.1) is 0 Å². The molecule has 0 radical (unpaired) electrons. The summed E-state index contributed by atoms with van der Waals surface area (Å²) < 4.78 is 0. The maximum Gasteiger partial charge on any atom is 0.115 e. The Kier molecular flexibility index (Phi) is 3.78. The van der Waals surface area contributed by atoms with Crippen LogP contribution in [0.2, 0.25) is 0 Å². The van der Waals surface area contributed by atoms with Crippen LogP contribution in [-0.4, -0.2) is 10.2 Å². The second kappa shape index (κ2) is 6.25. The van der Waals surface area contributed by atoms with Crippen molar-refractivity contribution in [3.63, 3.8) is 0 Å². The van der Waals surface area contributed by atoms with E-state index in [4.69, 9.17) is 0 Å². The van der Waals surface area contributed by atoms with Crippen LogP contribution in [0.1, 0.15) is 33.4 Å². The van der Waals surface area contributed by atoms with Crippen LogP contribution in [0, 0.1) is 13.8 Å². The summed E-state index contributed by atoms with van der Waals surface area (Å²) in [5, 5.41) is 20.2. The minimum atomic E-state index is -0.511. The first-order valence-corrected chi connectivity index (χ1v) is 9.83. The smallest absolute Gasteiger partial charge is 0.115 e. The van der Waals surface area contributed by atoms with Gasteiger partial charge in [-0.3, -0.25) is 0 Å². The van der Waals surface area contributed by atoms with E-state index in [1.807, 2.05) is 24.3 Å². The van der Waals surface area contributed by atoms with Crippen LogP contribution in [0.15, 0.2) is 84.9 Å². The summed E-state index contributed by atoms with van der Waals surface area (Å²) in [6.45, 7) is 4.10. The van der Waals surface area contributed by atoms with Crippen molar-refractivity contribution in [3.05, 3.63) is 118 Å². The summed E-state index contributed by atoms with van der Waals surface area (Å²) >= 11 is 0. The number of phenols is 2. The zero-order valence-electron chi connectivity index (χ0n) is 16.5. The molecule has 0 atom stereocenters. The van der Waals surface area contributed by atoms with Crippen LogP contribution < -0.4 is 0 Å². The van der Waals surface area contributed by atoms with E-state index >= 15 is 0 Å². The van der Waals surface area contributed by atoms with Crippen LogP contribution in [0.4, 0.5) is 0 Å². The molecule has 142 valence electrons. The number of benzene rings is 4. The Hall–Kier alpha value is -3.52. The van der Waals surface area contributed by atoms with Gasteiger partial charge < -0.3 is 10.2 Å². The van der Waals surface area contributed by atoms with Gasteiger partial charge in [-0.25, -0.2) is 0 Å². The van der Waals surface area contributed by atoms with Gasteiger partial charge in [0.05, 0.1) is 5.41 Å². The summed E-state index contributed by atoms with van der Waals surface area (Å²) in [5.74, 6) is 0.534. The number of phenolic OH excluding ortho intramolecular Hbond substituents is 2. The van der Waals surface area contributed by atoms with Crippen molar-refractivity contribution in [2.24, 2.45) is 0 Å². The molecule has 0 aromatic heterocycles. The molecule has 0 amide bonds. The van der Waals surface area contributed by atoms with Crippen LogP contribution in [-0.2, 0) is 5.41 Å². The highest BCUT2D eigenvalue weighted by molar-refractivity contribution is 5.87. The van der Waals surface area contributed by atoms with Crippen molar-refractivity contribution in [3.8, 4) is 22.6 Å². The summed E-state index contributed by atoms with van der Waals surface area (Å²) in [5.41, 5.74) is 8.73. The van der Waals surface area contributed by atoms with Crippen molar-refractivity contribution >= 4 is 0 Å². The van der Waals surface area contributed by atoms with E-state index in [1.165, 1.54) is 22.3 Å². The molecule has 5 rings (SSSR count). The fourth-order valence-corrected chi connectivity index (χ4v) is 5.10. The molecule has 2 nitrogen and oxygen atoms in total. The van der Waals surface area contributed by atoms with Crippen molar-refractivity contribution in [1.29, 1.82) is 0 Å². The lowest BCUT2D eigenvalue weighted by atomic mass is 9.65. The molecule has 0 fully saturated rings. The molecule has 29 heavy (non-hydrogen) atoms. The molecule has 0 heterocycles. The number of hydrogen-bond acceptors (Lipinski definition) is 2. The summed E-state index contributed by atoms with van der Waals surface area (Å²) in [7, 11) is 0. The van der Waals surface area contributed by atoms with E-state index in [0.29, 0.717) is 0 Å². The first kappa shape index (κ1) is 17.6. The topological polar surface area (TPSA) is 40.5 Å². The van der Waals surface area contributed by atoms with Gasteiger partial charge in [0, 0.05) is 0 Å². The maximum atomic E-state index is 10.1. The average molecular weight is 378 g/mol. The number of hydrogen-bond donors (Lipinski definition) is 2. The van der Waals surface area contributed by atoms with Gasteiger partial charge in [0.2, 0.25) is 0 Å². The first-order valence-electron chi connectivity index (χ1n) is 9.83. The Morgan fingerprint density at radius 1 is 0.517 bits per heavy atom. The molecule has 0 saturated carbocycles. The van der Waals surface area contributed by atoms with Crippen LogP contribution >= 0.6 is 0 Å². The third kappa shape index (κ3) is 2.35. The molecule has 1 aliphatic rings. The minimum Gasteiger partial charge on any atom is -0.508 e. The highest BCUT2D eigenvalue weighted by atomic mass is 16.3. The van der Waals surface area contributed by atoms with Gasteiger partial charge in [0.1, 0.15) is 11.5 Å². The molecule has 4 aromatic rings. The van der Waals surface area contributed by atoms with Gasteiger partial charge >= 0.3 is 0 Å². The van der Waals surface area contributed by atoms with Gasteiger partial charge in [-0.1, -0.05) is 60.7 Å². The van der Waals surface area contributed by atoms with E-state index in [0.717, 1.165) is 22.3 Å². The Balaban J connectivity index is 2.00. The molecular weight excluding hydrogens is 356 g/mol. The highest BCUT2D eigenvalue weighted by Crippen LogP contribution is 2.57. The number of aryl methyl sites for hydroxylation is 2. The molecule has 2 heteroatoms. The standard InChI is InChI=1S/C27H22O2/c1-17-15-19(28)11-13-23(17)27(24-14-12-20(29)16-18(24)2)25-9-5-3-7-21(25)22-8-4-6-10-26(22)27/h3-16,28-29H,1-2H3. The van der Waals surface area contributed by atoms with Crippen LogP contribution in [0.25, 0.3) is 11.1 Å². The molecule has 4 aromatic carbocycles. The van der Waals surface area contributed by atoms with E-state index in [9.17, 15) is 10.2 Å². The Morgan fingerprint density at radius 3 is 1.34 bits per heavy atom. The van der Waals surface area contributed by atoms with Gasteiger partial charge in [-0.05, 0) is 82.6 Å². The predicted molar refractivity (Wildman–Crippen MR) is 117 cm³/mol. The van der Waals surface area contributed by atoms with Gasteiger partial charge in [0.15, 0.2) is 0 Å². The summed E-state index contributed by atoms with van der Waals surface area (Å²) in [6.07, 6.45) is 0.